The number of carbonyl (C=O) groups excluding carboxylic acids is 2. The molecule has 0 unspecified atom stereocenters. The average molecular weight is 327 g/mol. The quantitative estimate of drug-likeness (QED) is 0.857. The van der Waals surface area contributed by atoms with Crippen LogP contribution in [0.2, 0.25) is 0 Å². The van der Waals surface area contributed by atoms with Crippen LogP contribution in [0.25, 0.3) is 0 Å². The molecule has 1 heterocycles. The fourth-order valence-corrected chi connectivity index (χ4v) is 3.21. The van der Waals surface area contributed by atoms with Gasteiger partial charge in [-0.05, 0) is 24.3 Å². The summed E-state index contributed by atoms with van der Waals surface area (Å²) < 4.78 is 0. The Morgan fingerprint density at radius 3 is 2.09 bits per heavy atom. The minimum Gasteiger partial charge on any atom is -0.323 e. The van der Waals surface area contributed by atoms with Gasteiger partial charge in [0, 0.05) is 0 Å². The molecule has 1 fully saturated rings. The van der Waals surface area contributed by atoms with E-state index < -0.39 is 0 Å². The van der Waals surface area contributed by atoms with Crippen LogP contribution < -0.4 is 10.4 Å². The van der Waals surface area contributed by atoms with Gasteiger partial charge in [-0.25, -0.2) is 0 Å². The van der Waals surface area contributed by atoms with Crippen LogP contribution in [0.15, 0.2) is 60.7 Å². The van der Waals surface area contributed by atoms with E-state index in [-0.39, 0.29) is 18.4 Å². The average Bonchev–Trinajstić information content (AvgIpc) is 2.99. The first-order valence-corrected chi connectivity index (χ1v) is 8.45. The van der Waals surface area contributed by atoms with E-state index in [4.69, 9.17) is 0 Å². The zero-order valence-electron chi connectivity index (χ0n) is 12.5. The van der Waals surface area contributed by atoms with Crippen LogP contribution >= 0.6 is 11.8 Å². The molecule has 1 aliphatic heterocycles. The molecule has 0 aliphatic carbocycles. The van der Waals surface area contributed by atoms with Gasteiger partial charge < -0.3 is 4.90 Å². The van der Waals surface area contributed by atoms with E-state index in [2.05, 4.69) is 5.43 Å². The smallest absolute Gasteiger partial charge is 0.258 e. The number of rotatable bonds is 5. The van der Waals surface area contributed by atoms with Crippen molar-refractivity contribution in [3.63, 3.8) is 0 Å². The fourth-order valence-electron chi connectivity index (χ4n) is 2.31. The van der Waals surface area contributed by atoms with Crippen molar-refractivity contribution >= 4 is 35.0 Å². The van der Waals surface area contributed by atoms with Gasteiger partial charge in [-0.2, -0.15) is 0 Å². The number of para-hydroxylation sites is 2. The number of anilines is 2. The zero-order valence-corrected chi connectivity index (χ0v) is 13.3. The van der Waals surface area contributed by atoms with E-state index in [0.29, 0.717) is 11.6 Å². The molecule has 2 amide bonds. The first kappa shape index (κ1) is 15.4. The van der Waals surface area contributed by atoms with Gasteiger partial charge in [0.25, 0.3) is 5.91 Å². The van der Waals surface area contributed by atoms with Crippen molar-refractivity contribution in [1.82, 2.24) is 10.3 Å². The van der Waals surface area contributed by atoms with E-state index in [1.807, 2.05) is 60.7 Å². The molecule has 2 aromatic rings. The van der Waals surface area contributed by atoms with Crippen molar-refractivity contribution < 1.29 is 9.59 Å². The lowest BCUT2D eigenvalue weighted by atomic mass is 10.2. The molecule has 0 bridgehead atoms. The summed E-state index contributed by atoms with van der Waals surface area (Å²) in [6, 6.07) is 19.2. The third-order valence-corrected chi connectivity index (χ3v) is 4.37. The van der Waals surface area contributed by atoms with Crippen molar-refractivity contribution in [2.24, 2.45) is 0 Å². The summed E-state index contributed by atoms with van der Waals surface area (Å²) in [4.78, 5) is 25.6. The largest absolute Gasteiger partial charge is 0.323 e. The van der Waals surface area contributed by atoms with Gasteiger partial charge in [-0.15, -0.1) is 11.8 Å². The molecule has 118 valence electrons. The predicted molar refractivity (Wildman–Crippen MR) is 92.2 cm³/mol. The molecule has 0 atom stereocenters. The molecule has 3 rings (SSSR count). The Bertz CT molecular complexity index is 639. The molecule has 6 heteroatoms. The second kappa shape index (κ2) is 7.19. The summed E-state index contributed by atoms with van der Waals surface area (Å²) in [7, 11) is 0. The summed E-state index contributed by atoms with van der Waals surface area (Å²) in [5.74, 6) is 0.821. The molecule has 2 aromatic carbocycles. The maximum atomic E-state index is 12.3. The first-order chi connectivity index (χ1) is 11.2. The minimum absolute atomic E-state index is 0.0103. The molecule has 0 spiro atoms. The Morgan fingerprint density at radius 2 is 1.61 bits per heavy atom. The molecule has 1 aliphatic rings. The molecular weight excluding hydrogens is 310 g/mol. The molecule has 5 nitrogen and oxygen atoms in total. The highest BCUT2D eigenvalue weighted by Gasteiger charge is 2.24. The lowest BCUT2D eigenvalue weighted by molar-refractivity contribution is -0.132. The molecule has 1 saturated heterocycles. The Labute approximate surface area is 139 Å². The van der Waals surface area contributed by atoms with E-state index in [1.54, 1.807) is 9.91 Å². The highest BCUT2D eigenvalue weighted by molar-refractivity contribution is 8.00. The number of hydrazine groups is 1. The van der Waals surface area contributed by atoms with E-state index >= 15 is 0 Å². The molecule has 0 aromatic heterocycles. The summed E-state index contributed by atoms with van der Waals surface area (Å²) >= 11 is 1.53. The Hall–Kier alpha value is -2.47. The highest BCUT2D eigenvalue weighted by Crippen LogP contribution is 2.22. The third-order valence-electron chi connectivity index (χ3n) is 3.43. The van der Waals surface area contributed by atoms with E-state index in [0.717, 1.165) is 11.4 Å². The number of carbonyl (C=O) groups is 2. The normalized spacial score (nSPS) is 13.9. The van der Waals surface area contributed by atoms with Crippen molar-refractivity contribution in [3.05, 3.63) is 60.7 Å². The minimum atomic E-state index is -0.214. The first-order valence-electron chi connectivity index (χ1n) is 7.29. The lowest BCUT2D eigenvalue weighted by Gasteiger charge is -2.26. The third kappa shape index (κ3) is 3.84. The van der Waals surface area contributed by atoms with E-state index in [9.17, 15) is 9.59 Å². The number of thioether (sulfide) groups is 1. The van der Waals surface area contributed by atoms with Crippen LogP contribution in [0.5, 0.6) is 0 Å². The fraction of sp³-hybridized carbons (Fsp3) is 0.176. The molecule has 0 saturated carbocycles. The number of benzene rings is 2. The molecule has 23 heavy (non-hydrogen) atoms. The predicted octanol–water partition coefficient (Wildman–Crippen LogP) is 2.39. The van der Waals surface area contributed by atoms with Gasteiger partial charge >= 0.3 is 0 Å². The van der Waals surface area contributed by atoms with Crippen molar-refractivity contribution in [2.45, 2.75) is 0 Å². The standard InChI is InChI=1S/C17H17N3O2S/c21-16(11-19-13-23-12-17(19)22)18-20(14-7-3-1-4-8-14)15-9-5-2-6-10-15/h1-10H,11-13H2,(H,18,21). The number of nitrogens with one attached hydrogen (secondary N) is 1. The van der Waals surface area contributed by atoms with E-state index in [1.165, 1.54) is 11.8 Å². The van der Waals surface area contributed by atoms with Crippen LogP contribution in [0, 0.1) is 0 Å². The van der Waals surface area contributed by atoms with Gasteiger partial charge in [0.2, 0.25) is 5.91 Å². The van der Waals surface area contributed by atoms with Gasteiger partial charge in [0.1, 0.15) is 6.54 Å². The maximum absolute atomic E-state index is 12.3. The van der Waals surface area contributed by atoms with Crippen molar-refractivity contribution in [1.29, 1.82) is 0 Å². The summed E-state index contributed by atoms with van der Waals surface area (Å²) in [6.45, 7) is 0.0714. The number of nitrogens with zero attached hydrogens (tertiary/aromatic N) is 2. The Balaban J connectivity index is 1.76. The lowest BCUT2D eigenvalue weighted by Crippen LogP contribution is -2.45. The van der Waals surface area contributed by atoms with Gasteiger partial charge in [-0.1, -0.05) is 36.4 Å². The van der Waals surface area contributed by atoms with Crippen molar-refractivity contribution in [3.8, 4) is 0 Å². The highest BCUT2D eigenvalue weighted by atomic mass is 32.2. The zero-order chi connectivity index (χ0) is 16.1. The van der Waals surface area contributed by atoms with Crippen LogP contribution in [0.3, 0.4) is 0 Å². The van der Waals surface area contributed by atoms with Crippen LogP contribution in [-0.4, -0.2) is 34.9 Å². The maximum Gasteiger partial charge on any atom is 0.258 e. The second-order valence-corrected chi connectivity index (χ2v) is 6.07. The van der Waals surface area contributed by atoms with Crippen LogP contribution in [-0.2, 0) is 9.59 Å². The molecule has 0 radical (unpaired) electrons. The summed E-state index contributed by atoms with van der Waals surface area (Å²) in [6.07, 6.45) is 0. The number of amides is 2. The SMILES string of the molecule is O=C(CN1CSCC1=O)NN(c1ccccc1)c1ccccc1. The Kier molecular flexibility index (Phi) is 4.83. The topological polar surface area (TPSA) is 52.7 Å². The van der Waals surface area contributed by atoms with Gasteiger partial charge in [-0.3, -0.25) is 20.0 Å². The van der Waals surface area contributed by atoms with Crippen LogP contribution in [0.1, 0.15) is 0 Å². The molecule has 1 N–H and O–H groups in total. The monoisotopic (exact) mass is 327 g/mol. The van der Waals surface area contributed by atoms with Gasteiger partial charge in [0.15, 0.2) is 0 Å². The Morgan fingerprint density at radius 1 is 1.04 bits per heavy atom. The summed E-state index contributed by atoms with van der Waals surface area (Å²) in [5.41, 5.74) is 4.60. The van der Waals surface area contributed by atoms with Gasteiger partial charge in [0.05, 0.1) is 23.0 Å². The molecular formula is C17H17N3O2S. The van der Waals surface area contributed by atoms with Crippen molar-refractivity contribution in [2.75, 3.05) is 23.2 Å². The van der Waals surface area contributed by atoms with Crippen LogP contribution in [0.4, 0.5) is 11.4 Å². The number of hydrogen-bond acceptors (Lipinski definition) is 4. The number of hydrogen-bond donors (Lipinski definition) is 1. The second-order valence-electron chi connectivity index (χ2n) is 5.11. The summed E-state index contributed by atoms with van der Waals surface area (Å²) in [5, 5.41) is 1.73.